The summed E-state index contributed by atoms with van der Waals surface area (Å²) in [4.78, 5) is 23.9. The average molecular weight is 392 g/mol. The maximum atomic E-state index is 13.3. The average Bonchev–Trinajstić information content (AvgIpc) is 3.38. The van der Waals surface area contributed by atoms with Crippen LogP contribution in [-0.4, -0.2) is 25.7 Å². The van der Waals surface area contributed by atoms with Crippen molar-refractivity contribution in [2.45, 2.75) is 33.4 Å². The third-order valence-electron chi connectivity index (χ3n) is 4.57. The first-order valence-electron chi connectivity index (χ1n) is 9.31. The van der Waals surface area contributed by atoms with Gasteiger partial charge in [-0.3, -0.25) is 19.4 Å². The third kappa shape index (κ3) is 3.66. The molecule has 0 aliphatic carbocycles. The summed E-state index contributed by atoms with van der Waals surface area (Å²) in [5.41, 5.74) is 3.52. The number of benzene rings is 1. The van der Waals surface area contributed by atoms with Crippen LogP contribution in [0.4, 0.5) is 5.13 Å². The molecule has 0 aliphatic rings. The van der Waals surface area contributed by atoms with Crippen LogP contribution in [0, 0.1) is 0 Å². The number of hydrogen-bond acceptors (Lipinski definition) is 5. The Balaban J connectivity index is 1.74. The van der Waals surface area contributed by atoms with Crippen molar-refractivity contribution in [3.63, 3.8) is 0 Å². The topological polar surface area (TPSA) is 63.9 Å². The van der Waals surface area contributed by atoms with Crippen molar-refractivity contribution in [1.82, 2.24) is 19.7 Å². The first-order valence-corrected chi connectivity index (χ1v) is 10.1. The van der Waals surface area contributed by atoms with Gasteiger partial charge in [-0.1, -0.05) is 30.4 Å². The van der Waals surface area contributed by atoms with Crippen LogP contribution in [0.25, 0.3) is 10.2 Å². The fourth-order valence-electron chi connectivity index (χ4n) is 2.98. The molecule has 142 valence electrons. The van der Waals surface area contributed by atoms with E-state index in [1.54, 1.807) is 28.0 Å². The van der Waals surface area contributed by atoms with E-state index < -0.39 is 0 Å². The standard InChI is InChI=1S/C21H21N5OS/c1-3-15-7-8-17-19(12-15)28-21(23-17)26(14-16-6-5-10-22-13-16)20(27)18-9-11-25(4-2)24-18/h5-13H,3-4,14H2,1-2H3. The van der Waals surface area contributed by atoms with Crippen LogP contribution >= 0.6 is 11.3 Å². The number of pyridine rings is 1. The second kappa shape index (κ2) is 7.90. The van der Waals surface area contributed by atoms with Crippen molar-refractivity contribution in [2.75, 3.05) is 4.90 Å². The lowest BCUT2D eigenvalue weighted by Crippen LogP contribution is -2.30. The van der Waals surface area contributed by atoms with E-state index in [9.17, 15) is 4.79 Å². The van der Waals surface area contributed by atoms with Gasteiger partial charge in [-0.2, -0.15) is 5.10 Å². The Hall–Kier alpha value is -3.06. The molecular formula is C21H21N5OS. The van der Waals surface area contributed by atoms with Gasteiger partial charge in [-0.15, -0.1) is 0 Å². The molecule has 7 heteroatoms. The zero-order valence-corrected chi connectivity index (χ0v) is 16.7. The number of thiazole rings is 1. The molecule has 6 nitrogen and oxygen atoms in total. The molecule has 0 fully saturated rings. The van der Waals surface area contributed by atoms with E-state index in [0.717, 1.165) is 28.7 Å². The summed E-state index contributed by atoms with van der Waals surface area (Å²) in [5, 5.41) is 5.05. The summed E-state index contributed by atoms with van der Waals surface area (Å²) in [6, 6.07) is 11.8. The molecule has 0 aliphatic heterocycles. The van der Waals surface area contributed by atoms with Crippen molar-refractivity contribution >= 4 is 32.6 Å². The highest BCUT2D eigenvalue weighted by Gasteiger charge is 2.23. The number of hydrogen-bond donors (Lipinski definition) is 0. The van der Waals surface area contributed by atoms with Gasteiger partial charge in [0.05, 0.1) is 16.8 Å². The van der Waals surface area contributed by atoms with Crippen LogP contribution in [-0.2, 0) is 19.5 Å². The molecular weight excluding hydrogens is 370 g/mol. The Morgan fingerprint density at radius 3 is 2.79 bits per heavy atom. The van der Waals surface area contributed by atoms with E-state index in [0.29, 0.717) is 17.4 Å². The molecule has 28 heavy (non-hydrogen) atoms. The molecule has 0 N–H and O–H groups in total. The molecule has 0 saturated carbocycles. The van der Waals surface area contributed by atoms with E-state index >= 15 is 0 Å². The SMILES string of the molecule is CCc1ccc2nc(N(Cc3cccnc3)C(=O)c3ccn(CC)n3)sc2c1. The minimum absolute atomic E-state index is 0.161. The smallest absolute Gasteiger partial charge is 0.278 e. The van der Waals surface area contributed by atoms with E-state index in [4.69, 9.17) is 4.98 Å². The maximum Gasteiger partial charge on any atom is 0.280 e. The Bertz CT molecular complexity index is 1100. The van der Waals surface area contributed by atoms with Gasteiger partial charge in [0.15, 0.2) is 10.8 Å². The molecule has 0 unspecified atom stereocenters. The minimum Gasteiger partial charge on any atom is -0.278 e. The second-order valence-electron chi connectivity index (χ2n) is 6.46. The summed E-state index contributed by atoms with van der Waals surface area (Å²) in [5.74, 6) is -0.161. The van der Waals surface area contributed by atoms with Gasteiger partial charge in [0, 0.05) is 25.1 Å². The lowest BCUT2D eigenvalue weighted by atomic mass is 10.2. The number of rotatable bonds is 6. The summed E-state index contributed by atoms with van der Waals surface area (Å²) in [6.45, 7) is 5.24. The van der Waals surface area contributed by atoms with Gasteiger partial charge in [-0.05, 0) is 48.7 Å². The van der Waals surface area contributed by atoms with Crippen LogP contribution in [0.5, 0.6) is 0 Å². The number of anilines is 1. The first kappa shape index (κ1) is 18.3. The highest BCUT2D eigenvalue weighted by molar-refractivity contribution is 7.22. The van der Waals surface area contributed by atoms with E-state index in [1.807, 2.05) is 31.3 Å². The van der Waals surface area contributed by atoms with Gasteiger partial charge < -0.3 is 0 Å². The maximum absolute atomic E-state index is 13.3. The van der Waals surface area contributed by atoms with Gasteiger partial charge in [0.25, 0.3) is 5.91 Å². The number of fused-ring (bicyclic) bond motifs is 1. The van der Waals surface area contributed by atoms with Crippen molar-refractivity contribution in [1.29, 1.82) is 0 Å². The fraction of sp³-hybridized carbons (Fsp3) is 0.238. The van der Waals surface area contributed by atoms with E-state index in [-0.39, 0.29) is 5.91 Å². The molecule has 4 rings (SSSR count). The number of carbonyl (C=O) groups is 1. The first-order chi connectivity index (χ1) is 13.7. The van der Waals surface area contributed by atoms with Gasteiger partial charge >= 0.3 is 0 Å². The molecule has 3 aromatic heterocycles. The van der Waals surface area contributed by atoms with E-state index in [1.165, 1.54) is 16.9 Å². The summed E-state index contributed by atoms with van der Waals surface area (Å²) >= 11 is 1.53. The Morgan fingerprint density at radius 1 is 1.18 bits per heavy atom. The van der Waals surface area contributed by atoms with E-state index in [2.05, 4.69) is 29.1 Å². The lowest BCUT2D eigenvalue weighted by Gasteiger charge is -2.18. The molecule has 0 bridgehead atoms. The number of aromatic nitrogens is 4. The summed E-state index contributed by atoms with van der Waals surface area (Å²) < 4.78 is 2.83. The Morgan fingerprint density at radius 2 is 2.07 bits per heavy atom. The predicted molar refractivity (Wildman–Crippen MR) is 112 cm³/mol. The van der Waals surface area contributed by atoms with Crippen molar-refractivity contribution in [3.05, 3.63) is 71.8 Å². The van der Waals surface area contributed by atoms with Crippen molar-refractivity contribution in [3.8, 4) is 0 Å². The number of amides is 1. The lowest BCUT2D eigenvalue weighted by molar-refractivity contribution is 0.0979. The Labute approximate surface area is 167 Å². The monoisotopic (exact) mass is 391 g/mol. The van der Waals surface area contributed by atoms with Gasteiger partial charge in [-0.25, -0.2) is 4.98 Å². The zero-order valence-electron chi connectivity index (χ0n) is 15.9. The van der Waals surface area contributed by atoms with Crippen molar-refractivity contribution < 1.29 is 4.79 Å². The van der Waals surface area contributed by atoms with Crippen LogP contribution in [0.2, 0.25) is 0 Å². The molecule has 0 saturated heterocycles. The number of aryl methyl sites for hydroxylation is 2. The van der Waals surface area contributed by atoms with Crippen molar-refractivity contribution in [2.24, 2.45) is 0 Å². The minimum atomic E-state index is -0.161. The van der Waals surface area contributed by atoms with Crippen LogP contribution in [0.1, 0.15) is 35.5 Å². The fourth-order valence-corrected chi connectivity index (χ4v) is 4.01. The van der Waals surface area contributed by atoms with Crippen LogP contribution < -0.4 is 4.90 Å². The number of nitrogens with zero attached hydrogens (tertiary/aromatic N) is 5. The number of carbonyl (C=O) groups excluding carboxylic acids is 1. The molecule has 0 atom stereocenters. The molecule has 1 amide bonds. The third-order valence-corrected chi connectivity index (χ3v) is 5.61. The van der Waals surface area contributed by atoms with Gasteiger partial charge in [0.1, 0.15) is 0 Å². The van der Waals surface area contributed by atoms with Crippen LogP contribution in [0.15, 0.2) is 55.0 Å². The molecule has 0 radical (unpaired) electrons. The quantitative estimate of drug-likeness (QED) is 0.491. The predicted octanol–water partition coefficient (Wildman–Crippen LogP) is 4.32. The second-order valence-corrected chi connectivity index (χ2v) is 7.47. The normalized spacial score (nSPS) is 11.1. The molecule has 3 heterocycles. The molecule has 1 aromatic carbocycles. The van der Waals surface area contributed by atoms with Crippen LogP contribution in [0.3, 0.4) is 0 Å². The largest absolute Gasteiger partial charge is 0.280 e. The highest BCUT2D eigenvalue weighted by atomic mass is 32.1. The molecule has 4 aromatic rings. The summed E-state index contributed by atoms with van der Waals surface area (Å²) in [6.07, 6.45) is 6.29. The van der Waals surface area contributed by atoms with Gasteiger partial charge in [0.2, 0.25) is 0 Å². The summed E-state index contributed by atoms with van der Waals surface area (Å²) in [7, 11) is 0. The zero-order chi connectivity index (χ0) is 19.5. The highest BCUT2D eigenvalue weighted by Crippen LogP contribution is 2.31. The Kier molecular flexibility index (Phi) is 5.16. The molecule has 0 spiro atoms.